The van der Waals surface area contributed by atoms with E-state index in [2.05, 4.69) is 0 Å². The van der Waals surface area contributed by atoms with Crippen LogP contribution in [0.3, 0.4) is 0 Å². The van der Waals surface area contributed by atoms with Crippen LogP contribution in [0, 0.1) is 5.41 Å². The van der Waals surface area contributed by atoms with Crippen LogP contribution in [-0.4, -0.2) is 121 Å². The van der Waals surface area contributed by atoms with Crippen LogP contribution < -0.4 is 0 Å². The summed E-state index contributed by atoms with van der Waals surface area (Å²) in [7, 11) is 0. The molecule has 3 rings (SSSR count). The molecule has 0 radical (unpaired) electrons. The molecule has 2 fully saturated rings. The van der Waals surface area contributed by atoms with Crippen molar-refractivity contribution in [1.29, 1.82) is 0 Å². The van der Waals surface area contributed by atoms with Gasteiger partial charge in [0.15, 0.2) is 18.4 Å². The van der Waals surface area contributed by atoms with Gasteiger partial charge in [0.05, 0.1) is 24.4 Å². The predicted molar refractivity (Wildman–Crippen MR) is 127 cm³/mol. The fourth-order valence-corrected chi connectivity index (χ4v) is 5.28. The number of hydrogen-bond acceptors (Lipinski definition) is 12. The fourth-order valence-electron chi connectivity index (χ4n) is 5.28. The van der Waals surface area contributed by atoms with Crippen molar-refractivity contribution >= 4 is 5.78 Å². The fraction of sp³-hybridized carbons (Fsp3) is 0.880. The zero-order valence-corrected chi connectivity index (χ0v) is 21.9. The maximum atomic E-state index is 12.0. The van der Waals surface area contributed by atoms with Crippen LogP contribution in [0.4, 0.5) is 0 Å². The van der Waals surface area contributed by atoms with E-state index in [4.69, 9.17) is 18.9 Å². The van der Waals surface area contributed by atoms with Gasteiger partial charge in [-0.25, -0.2) is 0 Å². The number of aliphatic hydroxyl groups is 7. The number of aliphatic hydroxyl groups excluding tert-OH is 6. The topological polar surface area (TPSA) is 196 Å². The summed E-state index contributed by atoms with van der Waals surface area (Å²) in [5.41, 5.74) is -1.34. The summed E-state index contributed by atoms with van der Waals surface area (Å²) in [5, 5.41) is 72.4. The highest BCUT2D eigenvalue weighted by atomic mass is 16.7. The summed E-state index contributed by atoms with van der Waals surface area (Å²) in [5.74, 6) is -0.0395. The van der Waals surface area contributed by atoms with Crippen LogP contribution in [0.2, 0.25) is 0 Å². The summed E-state index contributed by atoms with van der Waals surface area (Å²) >= 11 is 0. The van der Waals surface area contributed by atoms with Gasteiger partial charge < -0.3 is 54.7 Å². The molecule has 0 aromatic carbocycles. The molecule has 214 valence electrons. The first kappa shape index (κ1) is 30.5. The average molecular weight is 535 g/mol. The number of allylic oxidation sites excluding steroid dienone is 1. The van der Waals surface area contributed by atoms with Gasteiger partial charge in [0.1, 0.15) is 42.7 Å². The van der Waals surface area contributed by atoms with Gasteiger partial charge in [0, 0.05) is 11.8 Å². The second-order valence-corrected chi connectivity index (χ2v) is 11.2. The molecule has 12 heteroatoms. The van der Waals surface area contributed by atoms with Crippen molar-refractivity contribution in [3.63, 3.8) is 0 Å². The van der Waals surface area contributed by atoms with Crippen LogP contribution >= 0.6 is 0 Å². The minimum Gasteiger partial charge on any atom is -0.388 e. The van der Waals surface area contributed by atoms with Crippen molar-refractivity contribution in [2.75, 3.05) is 6.61 Å². The Hall–Kier alpha value is -1.03. The first-order valence-corrected chi connectivity index (χ1v) is 12.7. The Bertz CT molecular complexity index is 832. The summed E-state index contributed by atoms with van der Waals surface area (Å²) < 4.78 is 22.3. The van der Waals surface area contributed by atoms with Crippen LogP contribution in [0.5, 0.6) is 0 Å². The maximum Gasteiger partial charge on any atom is 0.186 e. The largest absolute Gasteiger partial charge is 0.388 e. The lowest BCUT2D eigenvalue weighted by Crippen LogP contribution is -2.61. The van der Waals surface area contributed by atoms with E-state index in [-0.39, 0.29) is 25.2 Å². The number of carbonyl (C=O) groups is 1. The zero-order valence-electron chi connectivity index (χ0n) is 21.9. The summed E-state index contributed by atoms with van der Waals surface area (Å²) in [6.45, 7) is 8.19. The molecule has 1 aliphatic carbocycles. The molecule has 0 amide bonds. The third-order valence-corrected chi connectivity index (χ3v) is 7.95. The Kier molecular flexibility index (Phi) is 9.57. The molecule has 0 aromatic heterocycles. The lowest BCUT2D eigenvalue weighted by molar-refractivity contribution is -0.333. The smallest absolute Gasteiger partial charge is 0.186 e. The maximum absolute atomic E-state index is 12.0. The molecule has 2 saturated heterocycles. The van der Waals surface area contributed by atoms with Crippen LogP contribution in [-0.2, 0) is 23.7 Å². The third-order valence-electron chi connectivity index (χ3n) is 7.95. The van der Waals surface area contributed by atoms with Gasteiger partial charge in [-0.05, 0) is 45.3 Å². The molecule has 0 aromatic rings. The SMILES string of the molecule is CC1=CC(=O)CC(C)(C)[C@@]1(O)CCC(C)O[C@@H]1O[C@H](CO[C@@H]2O[C@@H](C)[C@H](O)[C@@H](O)[C@H]2O)[C@@H](O)[C@H](O)[C@H]1O. The summed E-state index contributed by atoms with van der Waals surface area (Å²) in [4.78, 5) is 12.0. The first-order chi connectivity index (χ1) is 17.1. The van der Waals surface area contributed by atoms with Crippen LogP contribution in [0.1, 0.15) is 53.9 Å². The molecule has 1 unspecified atom stereocenters. The predicted octanol–water partition coefficient (Wildman–Crippen LogP) is -1.50. The second-order valence-electron chi connectivity index (χ2n) is 11.2. The van der Waals surface area contributed by atoms with E-state index in [0.29, 0.717) is 12.0 Å². The molecule has 12 atom stereocenters. The van der Waals surface area contributed by atoms with Crippen molar-refractivity contribution in [1.82, 2.24) is 0 Å². The molecule has 12 nitrogen and oxygen atoms in total. The average Bonchev–Trinajstić information content (AvgIpc) is 2.82. The standard InChI is InChI=1S/C25H42O12/c1-11-8-14(26)9-24(4,5)25(11,33)7-6-12(2)35-23-21(32)19(30)17(28)15(37-23)10-34-22-20(31)18(29)16(27)13(3)36-22/h8,12-13,15-23,27-33H,6-7,9-10H2,1-5H3/t12?,13-,15+,16-,17+,18+,19-,20+,21+,22+,23+,25+/m0/s1. The first-order valence-electron chi connectivity index (χ1n) is 12.7. The minimum atomic E-state index is -1.62. The van der Waals surface area contributed by atoms with E-state index >= 15 is 0 Å². The highest BCUT2D eigenvalue weighted by Crippen LogP contribution is 2.46. The Morgan fingerprint density at radius 3 is 2.19 bits per heavy atom. The molecule has 3 aliphatic rings. The molecular formula is C25H42O12. The van der Waals surface area contributed by atoms with Crippen molar-refractivity contribution in [2.45, 2.75) is 127 Å². The molecule has 0 saturated carbocycles. The monoisotopic (exact) mass is 534 g/mol. The van der Waals surface area contributed by atoms with Gasteiger partial charge in [0.2, 0.25) is 0 Å². The van der Waals surface area contributed by atoms with E-state index in [9.17, 15) is 40.5 Å². The Labute approximate surface area is 216 Å². The van der Waals surface area contributed by atoms with E-state index in [1.165, 1.54) is 13.0 Å². The quantitative estimate of drug-likeness (QED) is 0.191. The van der Waals surface area contributed by atoms with Crippen molar-refractivity contribution < 1.29 is 59.5 Å². The number of hydrogen-bond donors (Lipinski definition) is 7. The Balaban J connectivity index is 1.59. The van der Waals surface area contributed by atoms with Crippen LogP contribution in [0.15, 0.2) is 11.6 Å². The molecule has 37 heavy (non-hydrogen) atoms. The van der Waals surface area contributed by atoms with E-state index in [0.717, 1.165) is 0 Å². The van der Waals surface area contributed by atoms with Crippen LogP contribution in [0.25, 0.3) is 0 Å². The zero-order chi connectivity index (χ0) is 27.9. The molecule has 0 bridgehead atoms. The Morgan fingerprint density at radius 1 is 0.973 bits per heavy atom. The van der Waals surface area contributed by atoms with Gasteiger partial charge in [-0.1, -0.05) is 13.8 Å². The van der Waals surface area contributed by atoms with Gasteiger partial charge in [0.25, 0.3) is 0 Å². The minimum absolute atomic E-state index is 0.0395. The van der Waals surface area contributed by atoms with Crippen molar-refractivity contribution in [2.24, 2.45) is 5.41 Å². The molecule has 7 N–H and O–H groups in total. The molecule has 0 spiro atoms. The van der Waals surface area contributed by atoms with E-state index < -0.39 is 78.5 Å². The van der Waals surface area contributed by atoms with Gasteiger partial charge in [-0.2, -0.15) is 0 Å². The number of carbonyl (C=O) groups excluding carboxylic acids is 1. The lowest BCUT2D eigenvalue weighted by Gasteiger charge is -2.46. The van der Waals surface area contributed by atoms with Gasteiger partial charge in [-0.15, -0.1) is 0 Å². The highest BCUT2D eigenvalue weighted by molar-refractivity contribution is 5.92. The summed E-state index contributed by atoms with van der Waals surface area (Å²) in [6.07, 6.45) is -12.0. The molecule has 2 heterocycles. The molecule has 2 aliphatic heterocycles. The molecular weight excluding hydrogens is 492 g/mol. The second kappa shape index (κ2) is 11.6. The normalized spacial score (nSPS) is 45.4. The highest BCUT2D eigenvalue weighted by Gasteiger charge is 2.49. The lowest BCUT2D eigenvalue weighted by atomic mass is 9.63. The summed E-state index contributed by atoms with van der Waals surface area (Å²) in [6, 6.07) is 0. The number of rotatable bonds is 8. The Morgan fingerprint density at radius 2 is 1.57 bits per heavy atom. The van der Waals surface area contributed by atoms with Gasteiger partial charge in [-0.3, -0.25) is 4.79 Å². The van der Waals surface area contributed by atoms with Gasteiger partial charge >= 0.3 is 0 Å². The van der Waals surface area contributed by atoms with Crippen molar-refractivity contribution in [3.05, 3.63) is 11.6 Å². The number of ketones is 1. The van der Waals surface area contributed by atoms with E-state index in [1.807, 2.05) is 13.8 Å². The van der Waals surface area contributed by atoms with E-state index in [1.54, 1.807) is 13.8 Å². The van der Waals surface area contributed by atoms with Crippen molar-refractivity contribution in [3.8, 4) is 0 Å². The third kappa shape index (κ3) is 6.25. The number of ether oxygens (including phenoxy) is 4.